The minimum atomic E-state index is -5.01. The van der Waals surface area contributed by atoms with E-state index in [1.807, 2.05) is 0 Å². The van der Waals surface area contributed by atoms with Gasteiger partial charge in [-0.25, -0.2) is 0 Å². The van der Waals surface area contributed by atoms with E-state index in [-0.39, 0.29) is 25.8 Å². The van der Waals surface area contributed by atoms with Crippen LogP contribution in [0, 0.1) is 17.5 Å². The topological polar surface area (TPSA) is 88.5 Å². The van der Waals surface area contributed by atoms with Gasteiger partial charge in [-0.15, -0.1) is 0 Å². The number of phenols is 1. The van der Waals surface area contributed by atoms with Gasteiger partial charge in [-0.2, -0.15) is 13.2 Å². The molecule has 0 aliphatic rings. The number of hydrogen-bond acceptors (Lipinski definition) is 5. The first-order valence-corrected chi connectivity index (χ1v) is 12.6. The van der Waals surface area contributed by atoms with Crippen LogP contribution in [-0.4, -0.2) is 31.7 Å². The maximum atomic E-state index is 14.5. The molecule has 0 aliphatic heterocycles. The zero-order chi connectivity index (χ0) is 27.3. The van der Waals surface area contributed by atoms with Gasteiger partial charge < -0.3 is 19.3 Å². The summed E-state index contributed by atoms with van der Waals surface area (Å²) >= 11 is 1.80. The van der Waals surface area contributed by atoms with Gasteiger partial charge in [0.2, 0.25) is 0 Å². The number of fused-ring (bicyclic) bond motifs is 1. The van der Waals surface area contributed by atoms with Crippen LogP contribution >= 0.6 is 22.6 Å². The summed E-state index contributed by atoms with van der Waals surface area (Å²) < 4.78 is 50.4. The second kappa shape index (κ2) is 9.46. The van der Waals surface area contributed by atoms with Crippen LogP contribution in [0.1, 0.15) is 37.3 Å². The number of aromatic nitrogens is 2. The lowest BCUT2D eigenvalue weighted by Crippen LogP contribution is -2.52. The molecule has 10 heteroatoms. The number of alkyl halides is 3. The highest BCUT2D eigenvalue weighted by molar-refractivity contribution is 14.1. The van der Waals surface area contributed by atoms with Crippen molar-refractivity contribution in [1.82, 2.24) is 9.72 Å². The number of aliphatic hydroxyl groups is 1. The molecule has 0 bridgehead atoms. The Hall–Kier alpha value is -2.86. The summed E-state index contributed by atoms with van der Waals surface area (Å²) in [6.07, 6.45) is -5.76. The van der Waals surface area contributed by atoms with Gasteiger partial charge in [-0.1, -0.05) is 37.2 Å². The molecule has 0 radical (unpaired) electrons. The number of aryl methyl sites for hydroxylation is 2. The first-order chi connectivity index (χ1) is 17.1. The van der Waals surface area contributed by atoms with Gasteiger partial charge >= 0.3 is 6.18 Å². The van der Waals surface area contributed by atoms with Gasteiger partial charge in [0.05, 0.1) is 21.5 Å². The van der Waals surface area contributed by atoms with Gasteiger partial charge in [-0.3, -0.25) is 4.79 Å². The van der Waals surface area contributed by atoms with Crippen molar-refractivity contribution in [3.63, 3.8) is 0 Å². The van der Waals surface area contributed by atoms with Crippen molar-refractivity contribution in [3.8, 4) is 16.9 Å². The van der Waals surface area contributed by atoms with Crippen molar-refractivity contribution in [2.24, 2.45) is 0 Å². The third-order valence-electron chi connectivity index (χ3n) is 6.70. The third-order valence-corrected chi connectivity index (χ3v) is 7.59. The fourth-order valence-corrected chi connectivity index (χ4v) is 5.63. The van der Waals surface area contributed by atoms with Crippen molar-refractivity contribution in [2.75, 3.05) is 0 Å². The summed E-state index contributed by atoms with van der Waals surface area (Å²) in [6, 6.07) is 12.3. The quantitative estimate of drug-likeness (QED) is 0.195. The molecule has 196 valence electrons. The summed E-state index contributed by atoms with van der Waals surface area (Å²) in [5.74, 6) is 0.354. The Morgan fingerprint density at radius 1 is 1.08 bits per heavy atom. The standard InChI is InChI=1S/C27H26F3IN2O4/c1-15-24(16(2)37-32-15)17-9-10-21(34)19(11-17)25(3,4)13-26(36,27(28,29)30)14-33-20-8-6-5-7-18(20)22(35)12-23(33)31/h5-12,34,36H,13-14H2,1-4H3. The summed E-state index contributed by atoms with van der Waals surface area (Å²) in [6.45, 7) is 5.74. The van der Waals surface area contributed by atoms with Crippen LogP contribution in [0.4, 0.5) is 13.2 Å². The molecule has 4 rings (SSSR count). The summed E-state index contributed by atoms with van der Waals surface area (Å²) in [7, 11) is 0. The molecule has 0 amide bonds. The van der Waals surface area contributed by atoms with E-state index in [0.29, 0.717) is 28.1 Å². The average Bonchev–Trinajstić information content (AvgIpc) is 3.14. The minimum absolute atomic E-state index is 0.187. The van der Waals surface area contributed by atoms with Crippen LogP contribution < -0.4 is 5.43 Å². The molecule has 0 saturated heterocycles. The van der Waals surface area contributed by atoms with Crippen LogP contribution in [0.15, 0.2) is 57.8 Å². The number of halogens is 4. The van der Waals surface area contributed by atoms with Gasteiger partial charge in [-0.05, 0) is 78.1 Å². The second-order valence-corrected chi connectivity index (χ2v) is 11.1. The number of nitrogens with zero attached hydrogens (tertiary/aromatic N) is 2. The van der Waals surface area contributed by atoms with E-state index in [4.69, 9.17) is 4.52 Å². The Balaban J connectivity index is 1.80. The molecule has 2 N–H and O–H groups in total. The van der Waals surface area contributed by atoms with E-state index in [9.17, 15) is 28.2 Å². The van der Waals surface area contributed by atoms with E-state index in [1.54, 1.807) is 86.7 Å². The van der Waals surface area contributed by atoms with Crippen LogP contribution in [0.2, 0.25) is 0 Å². The fourth-order valence-electron chi connectivity index (χ4n) is 4.92. The average molecular weight is 626 g/mol. The lowest BCUT2D eigenvalue weighted by molar-refractivity contribution is -0.271. The molecule has 0 fully saturated rings. The van der Waals surface area contributed by atoms with Gasteiger partial charge in [0, 0.05) is 22.6 Å². The zero-order valence-electron chi connectivity index (χ0n) is 20.7. The maximum Gasteiger partial charge on any atom is 0.418 e. The number of benzene rings is 2. The number of hydrogen-bond donors (Lipinski definition) is 2. The predicted molar refractivity (Wildman–Crippen MR) is 143 cm³/mol. The SMILES string of the molecule is Cc1noc(C)c1-c1ccc(O)c(C(C)(C)CC(O)(Cn2c(I)cc(=O)c3ccccc32)C(F)(F)F)c1. The number of para-hydroxylation sites is 1. The second-order valence-electron chi connectivity index (χ2n) is 9.96. The van der Waals surface area contributed by atoms with E-state index in [2.05, 4.69) is 5.16 Å². The Bertz CT molecular complexity index is 1520. The maximum absolute atomic E-state index is 14.5. The Kier molecular flexibility index (Phi) is 6.95. The van der Waals surface area contributed by atoms with Crippen LogP contribution in [0.5, 0.6) is 5.75 Å². The zero-order valence-corrected chi connectivity index (χ0v) is 22.8. The lowest BCUT2D eigenvalue weighted by Gasteiger charge is -2.39. The third kappa shape index (κ3) is 5.00. The highest BCUT2D eigenvalue weighted by Gasteiger charge is 2.56. The monoisotopic (exact) mass is 626 g/mol. The van der Waals surface area contributed by atoms with Crippen molar-refractivity contribution >= 4 is 33.5 Å². The molecular formula is C27H26F3IN2O4. The number of rotatable bonds is 6. The fraction of sp³-hybridized carbons (Fsp3) is 0.333. The normalized spacial score (nSPS) is 14.2. The molecular weight excluding hydrogens is 600 g/mol. The smallest absolute Gasteiger partial charge is 0.418 e. The molecule has 1 atom stereocenters. The van der Waals surface area contributed by atoms with Crippen LogP contribution in [0.3, 0.4) is 0 Å². The lowest BCUT2D eigenvalue weighted by atomic mass is 9.73. The highest BCUT2D eigenvalue weighted by Crippen LogP contribution is 2.45. The molecule has 2 aromatic heterocycles. The molecule has 0 aliphatic carbocycles. The first kappa shape index (κ1) is 27.2. The van der Waals surface area contributed by atoms with Gasteiger partial charge in [0.25, 0.3) is 0 Å². The van der Waals surface area contributed by atoms with E-state index >= 15 is 0 Å². The van der Waals surface area contributed by atoms with Gasteiger partial charge in [0.1, 0.15) is 11.5 Å². The Labute approximate surface area is 224 Å². The molecule has 0 spiro atoms. The van der Waals surface area contributed by atoms with Crippen LogP contribution in [-0.2, 0) is 12.0 Å². The summed E-state index contributed by atoms with van der Waals surface area (Å²) in [5, 5.41) is 26.1. The number of phenolic OH excluding ortho intramolecular Hbond substituents is 1. The highest BCUT2D eigenvalue weighted by atomic mass is 127. The molecule has 2 aromatic carbocycles. The van der Waals surface area contributed by atoms with Crippen molar-refractivity contribution in [1.29, 1.82) is 0 Å². The minimum Gasteiger partial charge on any atom is -0.508 e. The molecule has 37 heavy (non-hydrogen) atoms. The number of aromatic hydroxyl groups is 1. The number of pyridine rings is 1. The Morgan fingerprint density at radius 3 is 2.38 bits per heavy atom. The Morgan fingerprint density at radius 2 is 1.76 bits per heavy atom. The van der Waals surface area contributed by atoms with Crippen molar-refractivity contribution < 1.29 is 27.9 Å². The summed E-state index contributed by atoms with van der Waals surface area (Å²) in [5.41, 5.74) is -2.34. The van der Waals surface area contributed by atoms with E-state index < -0.39 is 30.2 Å². The molecule has 2 heterocycles. The van der Waals surface area contributed by atoms with E-state index in [0.717, 1.165) is 0 Å². The molecule has 1 unspecified atom stereocenters. The summed E-state index contributed by atoms with van der Waals surface area (Å²) in [4.78, 5) is 12.4. The largest absolute Gasteiger partial charge is 0.508 e. The predicted octanol–water partition coefficient (Wildman–Crippen LogP) is 6.24. The molecule has 4 aromatic rings. The molecule has 0 saturated carbocycles. The van der Waals surface area contributed by atoms with Crippen molar-refractivity contribution in [2.45, 2.75) is 57.9 Å². The first-order valence-electron chi connectivity index (χ1n) is 11.5. The van der Waals surface area contributed by atoms with E-state index in [1.165, 1.54) is 16.7 Å². The van der Waals surface area contributed by atoms with Crippen molar-refractivity contribution in [3.05, 3.63) is 79.5 Å². The molecule has 6 nitrogen and oxygen atoms in total. The van der Waals surface area contributed by atoms with Gasteiger partial charge in [0.15, 0.2) is 11.0 Å². The van der Waals surface area contributed by atoms with Crippen LogP contribution in [0.25, 0.3) is 22.0 Å².